The number of aromatic hydroxyl groups is 1. The zero-order valence-corrected chi connectivity index (χ0v) is 18.0. The number of nitrogens with zero attached hydrogens (tertiary/aromatic N) is 1. The van der Waals surface area contributed by atoms with Gasteiger partial charge in [0, 0.05) is 11.6 Å². The molecule has 32 heavy (non-hydrogen) atoms. The lowest BCUT2D eigenvalue weighted by Crippen LogP contribution is -2.54. The van der Waals surface area contributed by atoms with Crippen LogP contribution in [-0.4, -0.2) is 42.8 Å². The molecule has 0 spiro atoms. The molecule has 0 atom stereocenters. The number of barbiturate groups is 1. The van der Waals surface area contributed by atoms with Crippen LogP contribution in [-0.2, 0) is 9.59 Å². The number of imide groups is 2. The van der Waals surface area contributed by atoms with Gasteiger partial charge in [-0.25, -0.2) is 9.69 Å². The maximum atomic E-state index is 13.3. The van der Waals surface area contributed by atoms with Gasteiger partial charge in [-0.2, -0.15) is 0 Å². The fraction of sp³-hybridized carbons (Fsp3) is 0.261. The van der Waals surface area contributed by atoms with Crippen LogP contribution in [0.2, 0.25) is 0 Å². The Hall–Kier alpha value is -4.01. The van der Waals surface area contributed by atoms with E-state index in [-0.39, 0.29) is 28.3 Å². The number of benzene rings is 2. The summed E-state index contributed by atoms with van der Waals surface area (Å²) in [4.78, 5) is 39.2. The Bertz CT molecular complexity index is 1080. The quantitative estimate of drug-likeness (QED) is 0.478. The molecule has 2 N–H and O–H groups in total. The molecule has 3 rings (SSSR count). The summed E-state index contributed by atoms with van der Waals surface area (Å²) in [5.74, 6) is -0.744. The topological polar surface area (TPSA) is 114 Å². The molecule has 1 fully saturated rings. The van der Waals surface area contributed by atoms with Gasteiger partial charge in [0.15, 0.2) is 0 Å². The molecule has 2 aromatic carbocycles. The smallest absolute Gasteiger partial charge is 0.336 e. The summed E-state index contributed by atoms with van der Waals surface area (Å²) in [5, 5.41) is 12.3. The molecule has 0 radical (unpaired) electrons. The van der Waals surface area contributed by atoms with E-state index >= 15 is 0 Å². The number of ether oxygens (including phenoxy) is 3. The van der Waals surface area contributed by atoms with Crippen molar-refractivity contribution in [2.45, 2.75) is 20.8 Å². The number of carbonyl (C=O) groups is 3. The maximum absolute atomic E-state index is 13.3. The Morgan fingerprint density at radius 3 is 2.19 bits per heavy atom. The van der Waals surface area contributed by atoms with Crippen molar-refractivity contribution in [3.05, 3.63) is 47.5 Å². The van der Waals surface area contributed by atoms with Crippen molar-refractivity contribution in [1.29, 1.82) is 0 Å². The van der Waals surface area contributed by atoms with Gasteiger partial charge in [-0.15, -0.1) is 0 Å². The van der Waals surface area contributed by atoms with E-state index in [4.69, 9.17) is 14.2 Å². The summed E-state index contributed by atoms with van der Waals surface area (Å²) >= 11 is 0. The number of carbonyl (C=O) groups excluding carboxylic acids is 3. The van der Waals surface area contributed by atoms with Gasteiger partial charge in [0.05, 0.1) is 25.5 Å². The van der Waals surface area contributed by atoms with E-state index in [0.717, 1.165) is 4.90 Å². The second-order valence-corrected chi connectivity index (χ2v) is 6.61. The highest BCUT2D eigenvalue weighted by atomic mass is 16.5. The standard InChI is InChI=1S/C23H24N2O7/c1-4-30-15-7-9-19(26)14(11-15)12-17-21(27)24-23(29)25(22(17)28)18-13-16(31-5-2)8-10-20(18)32-6-3/h7-13,26H,4-6H2,1-3H3,(H,24,27,29)/b17-12+. The third kappa shape index (κ3) is 4.66. The van der Waals surface area contributed by atoms with Crippen LogP contribution in [0.15, 0.2) is 42.0 Å². The summed E-state index contributed by atoms with van der Waals surface area (Å²) in [6.45, 7) is 6.45. The van der Waals surface area contributed by atoms with Gasteiger partial charge in [-0.05, 0) is 57.2 Å². The number of hydrogen-bond acceptors (Lipinski definition) is 7. The first-order chi connectivity index (χ1) is 15.4. The molecule has 1 saturated heterocycles. The summed E-state index contributed by atoms with van der Waals surface area (Å²) in [6, 6.07) is 8.27. The van der Waals surface area contributed by atoms with Crippen LogP contribution in [0.1, 0.15) is 26.3 Å². The fourth-order valence-electron chi connectivity index (χ4n) is 3.14. The molecule has 1 heterocycles. The number of phenolic OH excluding ortho intramolecular Hbond substituents is 1. The van der Waals surface area contributed by atoms with Crippen molar-refractivity contribution < 1.29 is 33.7 Å². The number of amides is 4. The molecule has 2 aromatic rings. The van der Waals surface area contributed by atoms with Crippen LogP contribution in [0.5, 0.6) is 23.0 Å². The molecule has 9 nitrogen and oxygen atoms in total. The number of hydrogen-bond donors (Lipinski definition) is 2. The van der Waals surface area contributed by atoms with E-state index in [1.807, 2.05) is 0 Å². The molecule has 0 saturated carbocycles. The van der Waals surface area contributed by atoms with Crippen molar-refractivity contribution in [3.8, 4) is 23.0 Å². The van der Waals surface area contributed by atoms with Gasteiger partial charge in [0.2, 0.25) is 0 Å². The molecule has 1 aliphatic rings. The normalized spacial score (nSPS) is 15.0. The molecule has 1 aliphatic heterocycles. The Kier molecular flexibility index (Phi) is 6.99. The van der Waals surface area contributed by atoms with E-state index in [9.17, 15) is 19.5 Å². The van der Waals surface area contributed by atoms with Crippen LogP contribution in [0, 0.1) is 0 Å². The molecule has 0 bridgehead atoms. The first kappa shape index (κ1) is 22.7. The summed E-state index contributed by atoms with van der Waals surface area (Å²) in [7, 11) is 0. The average Bonchev–Trinajstić information content (AvgIpc) is 2.75. The van der Waals surface area contributed by atoms with Gasteiger partial charge < -0.3 is 19.3 Å². The summed E-state index contributed by atoms with van der Waals surface area (Å²) < 4.78 is 16.5. The van der Waals surface area contributed by atoms with E-state index in [2.05, 4.69) is 5.32 Å². The summed E-state index contributed by atoms with van der Waals surface area (Å²) in [5.41, 5.74) is -0.0133. The van der Waals surface area contributed by atoms with E-state index in [0.29, 0.717) is 31.3 Å². The van der Waals surface area contributed by atoms with Crippen LogP contribution < -0.4 is 24.4 Å². The third-order valence-electron chi connectivity index (χ3n) is 4.49. The minimum Gasteiger partial charge on any atom is -0.507 e. The second kappa shape index (κ2) is 9.86. The lowest BCUT2D eigenvalue weighted by molar-refractivity contribution is -0.122. The Morgan fingerprint density at radius 2 is 1.53 bits per heavy atom. The highest BCUT2D eigenvalue weighted by Crippen LogP contribution is 2.35. The number of phenols is 1. The molecule has 0 unspecified atom stereocenters. The van der Waals surface area contributed by atoms with E-state index in [1.165, 1.54) is 24.3 Å². The SMILES string of the molecule is CCOc1ccc(O)c(/C=C2\C(=O)NC(=O)N(c3cc(OCC)ccc3OCC)C2=O)c1. The summed E-state index contributed by atoms with van der Waals surface area (Å²) in [6.07, 6.45) is 1.21. The predicted octanol–water partition coefficient (Wildman–Crippen LogP) is 3.25. The van der Waals surface area contributed by atoms with Gasteiger partial charge in [0.25, 0.3) is 11.8 Å². The van der Waals surface area contributed by atoms with Gasteiger partial charge in [-0.1, -0.05) is 0 Å². The number of urea groups is 1. The second-order valence-electron chi connectivity index (χ2n) is 6.61. The molecule has 168 valence electrons. The largest absolute Gasteiger partial charge is 0.507 e. The molecular weight excluding hydrogens is 416 g/mol. The maximum Gasteiger partial charge on any atom is 0.336 e. The lowest BCUT2D eigenvalue weighted by atomic mass is 10.1. The minimum atomic E-state index is -0.918. The number of nitrogens with one attached hydrogen (secondary N) is 1. The number of anilines is 1. The molecular formula is C23H24N2O7. The third-order valence-corrected chi connectivity index (χ3v) is 4.49. The highest BCUT2D eigenvalue weighted by molar-refractivity contribution is 6.39. The van der Waals surface area contributed by atoms with Gasteiger partial charge >= 0.3 is 6.03 Å². The monoisotopic (exact) mass is 440 g/mol. The van der Waals surface area contributed by atoms with Crippen molar-refractivity contribution in [2.24, 2.45) is 0 Å². The first-order valence-corrected chi connectivity index (χ1v) is 10.2. The van der Waals surface area contributed by atoms with Crippen LogP contribution >= 0.6 is 0 Å². The van der Waals surface area contributed by atoms with Crippen molar-refractivity contribution in [2.75, 3.05) is 24.7 Å². The predicted molar refractivity (Wildman–Crippen MR) is 117 cm³/mol. The zero-order valence-electron chi connectivity index (χ0n) is 18.0. The molecule has 4 amide bonds. The van der Waals surface area contributed by atoms with Crippen LogP contribution in [0.25, 0.3) is 6.08 Å². The molecule has 0 aliphatic carbocycles. The fourth-order valence-corrected chi connectivity index (χ4v) is 3.14. The Balaban J connectivity index is 2.07. The highest BCUT2D eigenvalue weighted by Gasteiger charge is 2.38. The van der Waals surface area contributed by atoms with E-state index < -0.39 is 17.8 Å². The Labute approximate surface area is 185 Å². The zero-order chi connectivity index (χ0) is 23.3. The molecule has 0 aromatic heterocycles. The van der Waals surface area contributed by atoms with Crippen molar-refractivity contribution >= 4 is 29.6 Å². The van der Waals surface area contributed by atoms with Crippen molar-refractivity contribution in [1.82, 2.24) is 5.32 Å². The number of rotatable bonds is 8. The van der Waals surface area contributed by atoms with Gasteiger partial charge in [0.1, 0.15) is 28.6 Å². The van der Waals surface area contributed by atoms with E-state index in [1.54, 1.807) is 39.0 Å². The van der Waals surface area contributed by atoms with Crippen LogP contribution in [0.4, 0.5) is 10.5 Å². The van der Waals surface area contributed by atoms with Gasteiger partial charge in [-0.3, -0.25) is 14.9 Å². The lowest BCUT2D eigenvalue weighted by Gasteiger charge is -2.28. The molecule has 9 heteroatoms. The first-order valence-electron chi connectivity index (χ1n) is 10.2. The Morgan fingerprint density at radius 1 is 0.906 bits per heavy atom. The van der Waals surface area contributed by atoms with Crippen molar-refractivity contribution in [3.63, 3.8) is 0 Å². The minimum absolute atomic E-state index is 0.131. The average molecular weight is 440 g/mol. The van der Waals surface area contributed by atoms with Crippen LogP contribution in [0.3, 0.4) is 0 Å².